The average molecular weight is 257 g/mol. The van der Waals surface area contributed by atoms with E-state index in [1.165, 1.54) is 0 Å². The predicted octanol–water partition coefficient (Wildman–Crippen LogP) is 1.92. The predicted molar refractivity (Wildman–Crippen MR) is 71.5 cm³/mol. The molecule has 2 rings (SSSR count). The standard InChI is InChI=1S/C14H15N3O2/c18-14(16-10-12-6-4-5-9-15-12)17-11-19-13-7-2-1-3-8-13/h1-9H,10-11H2,(H2,16,17,18). The number of urea groups is 1. The van der Waals surface area contributed by atoms with E-state index >= 15 is 0 Å². The first-order valence-electron chi connectivity index (χ1n) is 5.94. The first-order valence-corrected chi connectivity index (χ1v) is 5.94. The summed E-state index contributed by atoms with van der Waals surface area (Å²) < 4.78 is 5.34. The highest BCUT2D eigenvalue weighted by molar-refractivity contribution is 5.73. The summed E-state index contributed by atoms with van der Waals surface area (Å²) in [5.74, 6) is 0.715. The fourth-order valence-corrected chi connectivity index (χ4v) is 1.44. The van der Waals surface area contributed by atoms with Crippen LogP contribution in [0.25, 0.3) is 0 Å². The van der Waals surface area contributed by atoms with Crippen molar-refractivity contribution in [2.24, 2.45) is 0 Å². The molecule has 1 heterocycles. The zero-order valence-corrected chi connectivity index (χ0v) is 10.4. The molecule has 2 aromatic rings. The maximum Gasteiger partial charge on any atom is 0.317 e. The average Bonchev–Trinajstić information content (AvgIpc) is 2.47. The van der Waals surface area contributed by atoms with E-state index in [0.29, 0.717) is 12.3 Å². The highest BCUT2D eigenvalue weighted by Gasteiger charge is 2.00. The monoisotopic (exact) mass is 257 g/mol. The second-order valence-corrected chi connectivity index (χ2v) is 3.78. The van der Waals surface area contributed by atoms with E-state index in [2.05, 4.69) is 15.6 Å². The van der Waals surface area contributed by atoms with Crippen molar-refractivity contribution >= 4 is 6.03 Å². The van der Waals surface area contributed by atoms with Crippen LogP contribution in [0.5, 0.6) is 5.75 Å². The van der Waals surface area contributed by atoms with Crippen LogP contribution < -0.4 is 15.4 Å². The highest BCUT2D eigenvalue weighted by atomic mass is 16.5. The normalized spacial score (nSPS) is 9.68. The number of nitrogens with one attached hydrogen (secondary N) is 2. The van der Waals surface area contributed by atoms with Crippen LogP contribution >= 0.6 is 0 Å². The molecule has 1 aromatic carbocycles. The number of para-hydroxylation sites is 1. The van der Waals surface area contributed by atoms with Crippen LogP contribution in [0, 0.1) is 0 Å². The maximum atomic E-state index is 11.5. The second-order valence-electron chi connectivity index (χ2n) is 3.78. The third kappa shape index (κ3) is 4.67. The molecule has 0 aliphatic carbocycles. The first-order chi connectivity index (χ1) is 9.34. The topological polar surface area (TPSA) is 63.2 Å². The third-order valence-corrected chi connectivity index (χ3v) is 2.37. The Bertz CT molecular complexity index is 503. The molecular formula is C14H15N3O2. The molecule has 0 bridgehead atoms. The molecule has 0 aliphatic rings. The van der Waals surface area contributed by atoms with Crippen LogP contribution in [0.1, 0.15) is 5.69 Å². The molecule has 2 N–H and O–H groups in total. The van der Waals surface area contributed by atoms with Gasteiger partial charge in [0.05, 0.1) is 12.2 Å². The number of aromatic nitrogens is 1. The van der Waals surface area contributed by atoms with Crippen molar-refractivity contribution in [2.45, 2.75) is 6.54 Å². The Morgan fingerprint density at radius 1 is 1.05 bits per heavy atom. The summed E-state index contributed by atoms with van der Waals surface area (Å²) in [7, 11) is 0. The summed E-state index contributed by atoms with van der Waals surface area (Å²) >= 11 is 0. The molecule has 2 amide bonds. The SMILES string of the molecule is O=C(NCOc1ccccc1)NCc1ccccn1. The van der Waals surface area contributed by atoms with Crippen molar-refractivity contribution in [3.05, 3.63) is 60.4 Å². The van der Waals surface area contributed by atoms with E-state index in [-0.39, 0.29) is 12.8 Å². The number of hydrogen-bond acceptors (Lipinski definition) is 3. The minimum absolute atomic E-state index is 0.123. The van der Waals surface area contributed by atoms with Gasteiger partial charge in [-0.05, 0) is 24.3 Å². The minimum Gasteiger partial charge on any atom is -0.473 e. The summed E-state index contributed by atoms with van der Waals surface area (Å²) in [6, 6.07) is 14.6. The zero-order chi connectivity index (χ0) is 13.3. The molecule has 0 saturated heterocycles. The number of nitrogens with zero attached hydrogens (tertiary/aromatic N) is 1. The quantitative estimate of drug-likeness (QED) is 0.804. The summed E-state index contributed by atoms with van der Waals surface area (Å²) in [6.45, 7) is 0.510. The smallest absolute Gasteiger partial charge is 0.317 e. The molecular weight excluding hydrogens is 242 g/mol. The molecule has 0 aliphatic heterocycles. The van der Waals surface area contributed by atoms with E-state index in [4.69, 9.17) is 4.74 Å². The van der Waals surface area contributed by atoms with Crippen LogP contribution in [0.15, 0.2) is 54.7 Å². The van der Waals surface area contributed by atoms with E-state index in [1.807, 2.05) is 48.5 Å². The molecule has 19 heavy (non-hydrogen) atoms. The molecule has 0 unspecified atom stereocenters. The van der Waals surface area contributed by atoms with Crippen molar-refractivity contribution in [2.75, 3.05) is 6.73 Å². The third-order valence-electron chi connectivity index (χ3n) is 2.37. The highest BCUT2D eigenvalue weighted by Crippen LogP contribution is 2.06. The van der Waals surface area contributed by atoms with Gasteiger partial charge >= 0.3 is 6.03 Å². The number of amides is 2. The number of hydrogen-bond donors (Lipinski definition) is 2. The number of carbonyl (C=O) groups excluding carboxylic acids is 1. The van der Waals surface area contributed by atoms with Crippen LogP contribution in [0.2, 0.25) is 0 Å². The lowest BCUT2D eigenvalue weighted by atomic mass is 10.3. The Kier molecular flexibility index (Phi) is 4.75. The second kappa shape index (κ2) is 7.00. The van der Waals surface area contributed by atoms with Gasteiger partial charge in [-0.25, -0.2) is 4.79 Å². The van der Waals surface area contributed by atoms with E-state index in [1.54, 1.807) is 6.20 Å². The zero-order valence-electron chi connectivity index (χ0n) is 10.4. The maximum absolute atomic E-state index is 11.5. The Hall–Kier alpha value is -2.56. The molecule has 5 heteroatoms. The van der Waals surface area contributed by atoms with Gasteiger partial charge in [-0.1, -0.05) is 24.3 Å². The van der Waals surface area contributed by atoms with Crippen LogP contribution in [0.4, 0.5) is 4.79 Å². The fourth-order valence-electron chi connectivity index (χ4n) is 1.44. The Balaban J connectivity index is 1.65. The van der Waals surface area contributed by atoms with Crippen LogP contribution in [-0.2, 0) is 6.54 Å². The molecule has 0 fully saturated rings. The number of benzene rings is 1. The van der Waals surface area contributed by atoms with Gasteiger partial charge in [-0.2, -0.15) is 0 Å². The molecule has 0 atom stereocenters. The Morgan fingerprint density at radius 2 is 1.84 bits per heavy atom. The lowest BCUT2D eigenvalue weighted by Crippen LogP contribution is -2.37. The lowest BCUT2D eigenvalue weighted by molar-refractivity contribution is 0.223. The first kappa shape index (κ1) is 12.9. The van der Waals surface area contributed by atoms with Crippen molar-refractivity contribution in [3.63, 3.8) is 0 Å². The molecule has 0 saturated carbocycles. The van der Waals surface area contributed by atoms with Gasteiger partial charge in [-0.15, -0.1) is 0 Å². The number of ether oxygens (including phenoxy) is 1. The van der Waals surface area contributed by atoms with Gasteiger partial charge in [0.15, 0.2) is 6.73 Å². The van der Waals surface area contributed by atoms with Gasteiger partial charge in [0.25, 0.3) is 0 Å². The van der Waals surface area contributed by atoms with Gasteiger partial charge in [0, 0.05) is 6.20 Å². The lowest BCUT2D eigenvalue weighted by Gasteiger charge is -2.08. The van der Waals surface area contributed by atoms with E-state index < -0.39 is 0 Å². The summed E-state index contributed by atoms with van der Waals surface area (Å²) in [4.78, 5) is 15.6. The molecule has 0 spiro atoms. The largest absolute Gasteiger partial charge is 0.473 e. The van der Waals surface area contributed by atoms with Gasteiger partial charge in [-0.3, -0.25) is 4.98 Å². The fraction of sp³-hybridized carbons (Fsp3) is 0.143. The molecule has 1 aromatic heterocycles. The van der Waals surface area contributed by atoms with Crippen molar-refractivity contribution in [1.29, 1.82) is 0 Å². The van der Waals surface area contributed by atoms with Crippen molar-refractivity contribution in [1.82, 2.24) is 15.6 Å². The van der Waals surface area contributed by atoms with Crippen LogP contribution in [-0.4, -0.2) is 17.7 Å². The number of rotatable bonds is 5. The summed E-state index contributed by atoms with van der Waals surface area (Å²) in [5, 5.41) is 5.29. The van der Waals surface area contributed by atoms with Gasteiger partial charge in [0.1, 0.15) is 5.75 Å². The summed E-state index contributed by atoms with van der Waals surface area (Å²) in [5.41, 5.74) is 0.807. The van der Waals surface area contributed by atoms with E-state index in [9.17, 15) is 4.79 Å². The van der Waals surface area contributed by atoms with Gasteiger partial charge < -0.3 is 15.4 Å². The Labute approximate surface area is 111 Å². The Morgan fingerprint density at radius 3 is 2.58 bits per heavy atom. The minimum atomic E-state index is -0.290. The summed E-state index contributed by atoms with van der Waals surface area (Å²) in [6.07, 6.45) is 1.69. The van der Waals surface area contributed by atoms with Gasteiger partial charge in [0.2, 0.25) is 0 Å². The van der Waals surface area contributed by atoms with Crippen molar-refractivity contribution in [3.8, 4) is 5.75 Å². The van der Waals surface area contributed by atoms with Crippen LogP contribution in [0.3, 0.4) is 0 Å². The number of carbonyl (C=O) groups is 1. The molecule has 0 radical (unpaired) electrons. The van der Waals surface area contributed by atoms with Crippen molar-refractivity contribution < 1.29 is 9.53 Å². The number of pyridine rings is 1. The molecule has 98 valence electrons. The van der Waals surface area contributed by atoms with E-state index in [0.717, 1.165) is 5.69 Å². The molecule has 5 nitrogen and oxygen atoms in total.